The van der Waals surface area contributed by atoms with Gasteiger partial charge in [-0.1, -0.05) is 29.3 Å². The predicted molar refractivity (Wildman–Crippen MR) is 128 cm³/mol. The van der Waals surface area contributed by atoms with E-state index in [-0.39, 0.29) is 17.4 Å². The maximum atomic E-state index is 11.7. The van der Waals surface area contributed by atoms with Crippen LogP contribution in [0.25, 0.3) is 0 Å². The van der Waals surface area contributed by atoms with Crippen LogP contribution in [0.4, 0.5) is 28.8 Å². The Bertz CT molecular complexity index is 1190. The summed E-state index contributed by atoms with van der Waals surface area (Å²) in [4.78, 5) is 8.66. The maximum absolute atomic E-state index is 11.7. The number of sulfonamides is 1. The molecule has 0 saturated heterocycles. The molecule has 3 rings (SSSR count). The molecule has 0 radical (unpaired) electrons. The highest BCUT2D eigenvalue weighted by Crippen LogP contribution is 2.32. The number of benzene rings is 2. The average molecular weight is 484 g/mol. The zero-order valence-electron chi connectivity index (χ0n) is 17.4. The summed E-state index contributed by atoms with van der Waals surface area (Å²) >= 11 is 6.27. The third kappa shape index (κ3) is 6.61. The molecular formula is C20H23Cl2N5O3S. The molecule has 3 aromatic rings. The standard InChI is InChI=1S/C20H22ClN5O3S.ClH/c1-12-5-7-16(13(2)9-12)24-20-22-11-15(21)19(25-20)23-17-8-6-14(29-3)10-18(17)26-30(4,27)28;/h5-11,26H,1-4H3,(H2,22,23,24,25);1H. The van der Waals surface area contributed by atoms with Gasteiger partial charge in [0.2, 0.25) is 16.0 Å². The number of anilines is 5. The van der Waals surface area contributed by atoms with Crippen LogP contribution >= 0.6 is 24.0 Å². The van der Waals surface area contributed by atoms with Crippen molar-refractivity contribution in [2.24, 2.45) is 0 Å². The molecule has 1 heterocycles. The third-order valence-corrected chi connectivity index (χ3v) is 5.01. The summed E-state index contributed by atoms with van der Waals surface area (Å²) < 4.78 is 31.1. The fourth-order valence-corrected chi connectivity index (χ4v) is 3.47. The first kappa shape index (κ1) is 24.5. The normalized spacial score (nSPS) is 10.7. The average Bonchev–Trinajstić information content (AvgIpc) is 2.66. The minimum atomic E-state index is -3.51. The van der Waals surface area contributed by atoms with Gasteiger partial charge >= 0.3 is 0 Å². The number of rotatable bonds is 7. The van der Waals surface area contributed by atoms with E-state index in [1.165, 1.54) is 13.3 Å². The second-order valence-electron chi connectivity index (χ2n) is 6.74. The molecule has 0 amide bonds. The van der Waals surface area contributed by atoms with E-state index in [4.69, 9.17) is 16.3 Å². The number of halogens is 2. The van der Waals surface area contributed by atoms with Gasteiger partial charge in [0.25, 0.3) is 0 Å². The van der Waals surface area contributed by atoms with Crippen molar-refractivity contribution in [2.75, 3.05) is 28.7 Å². The van der Waals surface area contributed by atoms with Crippen molar-refractivity contribution in [2.45, 2.75) is 13.8 Å². The molecule has 0 atom stereocenters. The fraction of sp³-hybridized carbons (Fsp3) is 0.200. The van der Waals surface area contributed by atoms with Crippen molar-refractivity contribution in [3.63, 3.8) is 0 Å². The Hall–Kier alpha value is -2.75. The van der Waals surface area contributed by atoms with Crippen LogP contribution in [-0.4, -0.2) is 31.8 Å². The van der Waals surface area contributed by atoms with Gasteiger partial charge in [-0.25, -0.2) is 13.4 Å². The molecule has 0 unspecified atom stereocenters. The van der Waals surface area contributed by atoms with Crippen LogP contribution in [0, 0.1) is 13.8 Å². The first-order valence-corrected chi connectivity index (χ1v) is 11.2. The molecule has 0 spiro atoms. The topological polar surface area (TPSA) is 105 Å². The van der Waals surface area contributed by atoms with Crippen molar-refractivity contribution >= 4 is 62.9 Å². The van der Waals surface area contributed by atoms with Gasteiger partial charge in [0, 0.05) is 11.8 Å². The highest BCUT2D eigenvalue weighted by atomic mass is 35.5. The summed E-state index contributed by atoms with van der Waals surface area (Å²) in [7, 11) is -2.01. The van der Waals surface area contributed by atoms with Crippen LogP contribution in [-0.2, 0) is 10.0 Å². The number of ether oxygens (including phenoxy) is 1. The van der Waals surface area contributed by atoms with Gasteiger partial charge in [-0.2, -0.15) is 4.98 Å². The zero-order chi connectivity index (χ0) is 21.9. The van der Waals surface area contributed by atoms with Gasteiger partial charge in [0.1, 0.15) is 10.8 Å². The van der Waals surface area contributed by atoms with Gasteiger partial charge in [-0.3, -0.25) is 4.72 Å². The van der Waals surface area contributed by atoms with Gasteiger partial charge < -0.3 is 15.4 Å². The summed E-state index contributed by atoms with van der Waals surface area (Å²) in [5.74, 6) is 1.17. The van der Waals surface area contributed by atoms with Crippen LogP contribution in [0.2, 0.25) is 5.02 Å². The van der Waals surface area contributed by atoms with Crippen LogP contribution in [0.1, 0.15) is 11.1 Å². The van der Waals surface area contributed by atoms with E-state index in [1.54, 1.807) is 18.2 Å². The molecule has 2 aromatic carbocycles. The lowest BCUT2D eigenvalue weighted by Crippen LogP contribution is -2.11. The maximum Gasteiger partial charge on any atom is 0.229 e. The van der Waals surface area contributed by atoms with E-state index in [0.29, 0.717) is 28.9 Å². The molecule has 0 bridgehead atoms. The van der Waals surface area contributed by atoms with Crippen LogP contribution in [0.5, 0.6) is 5.75 Å². The molecule has 8 nitrogen and oxygen atoms in total. The lowest BCUT2D eigenvalue weighted by molar-refractivity contribution is 0.415. The Balaban J connectivity index is 0.00000341. The van der Waals surface area contributed by atoms with Gasteiger partial charge in [-0.15, -0.1) is 12.4 Å². The molecule has 0 aliphatic heterocycles. The number of nitrogens with zero attached hydrogens (tertiary/aromatic N) is 2. The number of aryl methyl sites for hydroxylation is 2. The summed E-state index contributed by atoms with van der Waals surface area (Å²) in [5, 5.41) is 6.51. The van der Waals surface area contributed by atoms with Crippen molar-refractivity contribution in [1.29, 1.82) is 0 Å². The Kier molecular flexibility index (Phi) is 7.94. The van der Waals surface area contributed by atoms with Crippen molar-refractivity contribution in [3.05, 3.63) is 58.7 Å². The largest absolute Gasteiger partial charge is 0.497 e. The Morgan fingerprint density at radius 2 is 1.71 bits per heavy atom. The van der Waals surface area contributed by atoms with Crippen LogP contribution in [0.3, 0.4) is 0 Å². The molecule has 31 heavy (non-hydrogen) atoms. The number of methoxy groups -OCH3 is 1. The first-order valence-electron chi connectivity index (χ1n) is 8.94. The Morgan fingerprint density at radius 1 is 1.00 bits per heavy atom. The predicted octanol–water partition coefficient (Wildman–Crippen LogP) is 5.04. The number of hydrogen-bond donors (Lipinski definition) is 3. The lowest BCUT2D eigenvalue weighted by atomic mass is 10.1. The molecule has 0 aliphatic carbocycles. The smallest absolute Gasteiger partial charge is 0.229 e. The summed E-state index contributed by atoms with van der Waals surface area (Å²) in [5.41, 5.74) is 3.84. The molecule has 0 aliphatic rings. The minimum absolute atomic E-state index is 0. The Labute approximate surface area is 192 Å². The molecular weight excluding hydrogens is 461 g/mol. The van der Waals surface area contributed by atoms with Crippen LogP contribution < -0.4 is 20.1 Å². The van der Waals surface area contributed by atoms with Crippen LogP contribution in [0.15, 0.2) is 42.6 Å². The van der Waals surface area contributed by atoms with Gasteiger partial charge in [-0.05, 0) is 37.6 Å². The fourth-order valence-electron chi connectivity index (χ4n) is 2.76. The quantitative estimate of drug-likeness (QED) is 0.432. The van der Waals surface area contributed by atoms with E-state index in [1.807, 2.05) is 26.0 Å². The van der Waals surface area contributed by atoms with Gasteiger partial charge in [0.15, 0.2) is 5.82 Å². The van der Waals surface area contributed by atoms with E-state index in [0.717, 1.165) is 23.1 Å². The molecule has 0 fully saturated rings. The minimum Gasteiger partial charge on any atom is -0.497 e. The molecule has 0 saturated carbocycles. The molecule has 11 heteroatoms. The number of hydrogen-bond acceptors (Lipinski definition) is 7. The second-order valence-corrected chi connectivity index (χ2v) is 8.90. The van der Waals surface area contributed by atoms with Gasteiger partial charge in [0.05, 0.1) is 30.9 Å². The number of aromatic nitrogens is 2. The first-order chi connectivity index (χ1) is 14.1. The Morgan fingerprint density at radius 3 is 2.35 bits per heavy atom. The summed E-state index contributed by atoms with van der Waals surface area (Å²) in [6.07, 6.45) is 2.54. The van der Waals surface area contributed by atoms with Crippen molar-refractivity contribution in [1.82, 2.24) is 9.97 Å². The molecule has 166 valence electrons. The SMILES string of the molecule is COc1ccc(Nc2nc(Nc3ccc(C)cc3C)ncc2Cl)c(NS(C)(=O)=O)c1.Cl. The van der Waals surface area contributed by atoms with E-state index in [2.05, 4.69) is 31.4 Å². The summed E-state index contributed by atoms with van der Waals surface area (Å²) in [6, 6.07) is 10.9. The second kappa shape index (κ2) is 10.0. The van der Waals surface area contributed by atoms with E-state index < -0.39 is 10.0 Å². The molecule has 3 N–H and O–H groups in total. The lowest BCUT2D eigenvalue weighted by Gasteiger charge is -2.15. The third-order valence-electron chi connectivity index (χ3n) is 4.15. The van der Waals surface area contributed by atoms with Crippen molar-refractivity contribution in [3.8, 4) is 5.75 Å². The molecule has 1 aromatic heterocycles. The van der Waals surface area contributed by atoms with Crippen molar-refractivity contribution < 1.29 is 13.2 Å². The number of nitrogens with one attached hydrogen (secondary N) is 3. The zero-order valence-corrected chi connectivity index (χ0v) is 19.7. The highest BCUT2D eigenvalue weighted by Gasteiger charge is 2.13. The summed E-state index contributed by atoms with van der Waals surface area (Å²) in [6.45, 7) is 4.01. The highest BCUT2D eigenvalue weighted by molar-refractivity contribution is 7.92. The monoisotopic (exact) mass is 483 g/mol. The van der Waals surface area contributed by atoms with E-state index >= 15 is 0 Å². The van der Waals surface area contributed by atoms with E-state index in [9.17, 15) is 8.42 Å².